The van der Waals surface area contributed by atoms with E-state index in [1.54, 1.807) is 6.20 Å². The molecule has 2 heterocycles. The third-order valence-corrected chi connectivity index (χ3v) is 6.75. The van der Waals surface area contributed by atoms with Crippen LogP contribution in [-0.4, -0.2) is 24.7 Å². The molecule has 164 valence electrons. The lowest BCUT2D eigenvalue weighted by molar-refractivity contribution is -0.141. The summed E-state index contributed by atoms with van der Waals surface area (Å²) in [7, 11) is 1.38. The van der Waals surface area contributed by atoms with Crippen molar-refractivity contribution in [2.45, 2.75) is 31.3 Å². The van der Waals surface area contributed by atoms with Gasteiger partial charge in [-0.2, -0.15) is 0 Å². The highest BCUT2D eigenvalue weighted by molar-refractivity contribution is 9.10. The SMILES string of the molecule is COC(=O)CC1COc2cc(OC3CCc4c(-c5cccnc5Br)ccc(F)c43)ccc21. The molecule has 2 aromatic carbocycles. The molecule has 0 spiro atoms. The molecule has 3 aromatic rings. The van der Waals surface area contributed by atoms with Crippen LogP contribution in [0.4, 0.5) is 4.39 Å². The number of ether oxygens (including phenoxy) is 3. The monoisotopic (exact) mass is 497 g/mol. The smallest absolute Gasteiger partial charge is 0.306 e. The summed E-state index contributed by atoms with van der Waals surface area (Å²) in [6.07, 6.45) is 3.01. The van der Waals surface area contributed by atoms with E-state index in [-0.39, 0.29) is 30.2 Å². The maximum Gasteiger partial charge on any atom is 0.306 e. The zero-order valence-electron chi connectivity index (χ0n) is 17.4. The second-order valence-corrected chi connectivity index (χ2v) is 8.71. The summed E-state index contributed by atoms with van der Waals surface area (Å²) in [4.78, 5) is 15.9. The minimum absolute atomic E-state index is 0.0309. The van der Waals surface area contributed by atoms with Gasteiger partial charge in [0.25, 0.3) is 0 Å². The fourth-order valence-corrected chi connectivity index (χ4v) is 5.04. The molecule has 5 rings (SSSR count). The van der Waals surface area contributed by atoms with Crippen LogP contribution in [0.25, 0.3) is 11.1 Å². The van der Waals surface area contributed by atoms with Gasteiger partial charge in [0, 0.05) is 34.9 Å². The van der Waals surface area contributed by atoms with Crippen molar-refractivity contribution in [2.75, 3.05) is 13.7 Å². The molecule has 0 radical (unpaired) electrons. The van der Waals surface area contributed by atoms with Gasteiger partial charge in [0.1, 0.15) is 28.0 Å². The molecule has 5 nitrogen and oxygen atoms in total. The molecule has 7 heteroatoms. The van der Waals surface area contributed by atoms with Gasteiger partial charge in [0.05, 0.1) is 20.1 Å². The van der Waals surface area contributed by atoms with Crippen molar-refractivity contribution in [3.8, 4) is 22.6 Å². The first-order valence-electron chi connectivity index (χ1n) is 10.5. The van der Waals surface area contributed by atoms with E-state index in [1.807, 2.05) is 36.4 Å². The van der Waals surface area contributed by atoms with Crippen LogP contribution in [0.1, 0.15) is 41.6 Å². The summed E-state index contributed by atoms with van der Waals surface area (Å²) in [5.41, 5.74) is 4.43. The van der Waals surface area contributed by atoms with Gasteiger partial charge in [-0.25, -0.2) is 9.37 Å². The highest BCUT2D eigenvalue weighted by atomic mass is 79.9. The van der Waals surface area contributed by atoms with E-state index in [0.717, 1.165) is 33.3 Å². The molecule has 1 aromatic heterocycles. The van der Waals surface area contributed by atoms with Crippen LogP contribution in [0.15, 0.2) is 53.3 Å². The number of benzene rings is 2. The van der Waals surface area contributed by atoms with E-state index in [1.165, 1.54) is 13.2 Å². The van der Waals surface area contributed by atoms with Crippen LogP contribution in [0.3, 0.4) is 0 Å². The highest BCUT2D eigenvalue weighted by Crippen LogP contribution is 2.44. The van der Waals surface area contributed by atoms with Gasteiger partial charge in [-0.1, -0.05) is 18.2 Å². The van der Waals surface area contributed by atoms with Gasteiger partial charge in [-0.05, 0) is 58.1 Å². The highest BCUT2D eigenvalue weighted by Gasteiger charge is 2.32. The lowest BCUT2D eigenvalue weighted by Crippen LogP contribution is -2.09. The Morgan fingerprint density at radius 3 is 2.94 bits per heavy atom. The fourth-order valence-electron chi connectivity index (χ4n) is 4.58. The lowest BCUT2D eigenvalue weighted by Gasteiger charge is -2.17. The Morgan fingerprint density at radius 1 is 1.25 bits per heavy atom. The largest absolute Gasteiger partial charge is 0.492 e. The number of rotatable bonds is 5. The average molecular weight is 498 g/mol. The van der Waals surface area contributed by atoms with E-state index in [9.17, 15) is 9.18 Å². The number of carbonyl (C=O) groups is 1. The molecule has 2 atom stereocenters. The Bertz CT molecular complexity index is 1200. The first kappa shape index (κ1) is 20.9. The Kier molecular flexibility index (Phi) is 5.59. The molecule has 0 saturated heterocycles. The molecule has 0 bridgehead atoms. The third-order valence-electron chi connectivity index (χ3n) is 6.12. The number of pyridine rings is 1. The Labute approximate surface area is 193 Å². The molecular formula is C25H21BrFNO4. The number of halogens is 2. The van der Waals surface area contributed by atoms with Crippen LogP contribution < -0.4 is 9.47 Å². The minimum Gasteiger partial charge on any atom is -0.492 e. The van der Waals surface area contributed by atoms with Gasteiger partial charge in [-0.15, -0.1) is 0 Å². The number of hydrogen-bond donors (Lipinski definition) is 0. The molecule has 0 amide bonds. The van der Waals surface area contributed by atoms with Gasteiger partial charge in [0.2, 0.25) is 0 Å². The molecule has 2 unspecified atom stereocenters. The van der Waals surface area contributed by atoms with Crippen molar-refractivity contribution >= 4 is 21.9 Å². The summed E-state index contributed by atoms with van der Waals surface area (Å²) >= 11 is 3.50. The predicted octanol–water partition coefficient (Wildman–Crippen LogP) is 5.76. The predicted molar refractivity (Wildman–Crippen MR) is 120 cm³/mol. The van der Waals surface area contributed by atoms with Crippen LogP contribution >= 0.6 is 15.9 Å². The number of nitrogens with zero attached hydrogens (tertiary/aromatic N) is 1. The van der Waals surface area contributed by atoms with E-state index in [0.29, 0.717) is 30.1 Å². The summed E-state index contributed by atoms with van der Waals surface area (Å²) in [6, 6.07) is 12.7. The summed E-state index contributed by atoms with van der Waals surface area (Å²) in [6.45, 7) is 0.429. The number of carbonyl (C=O) groups excluding carboxylic acids is 1. The Balaban J connectivity index is 1.41. The maximum absolute atomic E-state index is 14.9. The van der Waals surface area contributed by atoms with Crippen molar-refractivity contribution in [2.24, 2.45) is 0 Å². The number of hydrogen-bond acceptors (Lipinski definition) is 5. The van der Waals surface area contributed by atoms with Crippen molar-refractivity contribution in [3.63, 3.8) is 0 Å². The Hall–Kier alpha value is -2.93. The minimum atomic E-state index is -0.384. The number of esters is 1. The maximum atomic E-state index is 14.9. The number of aromatic nitrogens is 1. The lowest BCUT2D eigenvalue weighted by atomic mass is 9.97. The van der Waals surface area contributed by atoms with Crippen LogP contribution in [0.2, 0.25) is 0 Å². The zero-order chi connectivity index (χ0) is 22.2. The average Bonchev–Trinajstić information content (AvgIpc) is 3.39. The summed E-state index contributed by atoms with van der Waals surface area (Å²) < 4.78 is 32.4. The molecule has 0 saturated carbocycles. The Morgan fingerprint density at radius 2 is 2.12 bits per heavy atom. The number of methoxy groups -OCH3 is 1. The molecule has 0 fully saturated rings. The molecule has 32 heavy (non-hydrogen) atoms. The van der Waals surface area contributed by atoms with E-state index >= 15 is 0 Å². The molecule has 1 aliphatic carbocycles. The van der Waals surface area contributed by atoms with Gasteiger partial charge >= 0.3 is 5.97 Å². The van der Waals surface area contributed by atoms with Crippen LogP contribution in [0, 0.1) is 5.82 Å². The van der Waals surface area contributed by atoms with E-state index in [4.69, 9.17) is 14.2 Å². The van der Waals surface area contributed by atoms with Crippen molar-refractivity contribution < 1.29 is 23.4 Å². The first-order chi connectivity index (χ1) is 15.5. The summed E-state index contributed by atoms with van der Waals surface area (Å²) in [5.74, 6) is 0.759. The van der Waals surface area contributed by atoms with Gasteiger partial charge in [0.15, 0.2) is 0 Å². The summed E-state index contributed by atoms with van der Waals surface area (Å²) in [5, 5.41) is 0. The van der Waals surface area contributed by atoms with E-state index < -0.39 is 0 Å². The van der Waals surface area contributed by atoms with Crippen molar-refractivity contribution in [3.05, 3.63) is 75.8 Å². The van der Waals surface area contributed by atoms with Gasteiger partial charge < -0.3 is 14.2 Å². The topological polar surface area (TPSA) is 57.7 Å². The normalized spacial score (nSPS) is 18.6. The fraction of sp³-hybridized carbons (Fsp3) is 0.280. The second kappa shape index (κ2) is 8.54. The van der Waals surface area contributed by atoms with E-state index in [2.05, 4.69) is 20.9 Å². The standard InChI is InChI=1S/C25H21BrFNO4/c1-30-23(29)11-14-13-31-22-12-15(4-5-16(14)22)32-21-9-7-18-17(6-8-20(27)24(18)21)19-3-2-10-28-25(19)26/h2-6,8,10,12,14,21H,7,9,11,13H2,1H3. The van der Waals surface area contributed by atoms with Gasteiger partial charge in [-0.3, -0.25) is 4.79 Å². The molecular weight excluding hydrogens is 477 g/mol. The molecule has 1 aliphatic heterocycles. The van der Waals surface area contributed by atoms with Crippen LogP contribution in [-0.2, 0) is 16.0 Å². The quantitative estimate of drug-likeness (QED) is 0.331. The third kappa shape index (κ3) is 3.75. The molecule has 0 N–H and O–H groups in total. The molecule has 2 aliphatic rings. The van der Waals surface area contributed by atoms with Crippen molar-refractivity contribution in [1.82, 2.24) is 4.98 Å². The second-order valence-electron chi connectivity index (χ2n) is 7.96. The first-order valence-corrected chi connectivity index (χ1v) is 11.3. The van der Waals surface area contributed by atoms with Crippen molar-refractivity contribution in [1.29, 1.82) is 0 Å². The number of fused-ring (bicyclic) bond motifs is 2. The van der Waals surface area contributed by atoms with Crippen LogP contribution in [0.5, 0.6) is 11.5 Å². The zero-order valence-corrected chi connectivity index (χ0v) is 19.0.